The van der Waals surface area contributed by atoms with E-state index in [0.717, 1.165) is 32.4 Å². The number of hydrogen-bond acceptors (Lipinski definition) is 6. The van der Waals surface area contributed by atoms with E-state index in [2.05, 4.69) is 20.1 Å². The topological polar surface area (TPSA) is 114 Å². The number of piperidine rings is 1. The number of nitrogens with one attached hydrogen (secondary N) is 3. The van der Waals surface area contributed by atoms with Crippen molar-refractivity contribution in [3.05, 3.63) is 24.3 Å². The van der Waals surface area contributed by atoms with Gasteiger partial charge in [-0.15, -0.1) is 12.4 Å². The van der Waals surface area contributed by atoms with E-state index < -0.39 is 22.5 Å². The van der Waals surface area contributed by atoms with Gasteiger partial charge in [-0.2, -0.15) is 4.72 Å². The van der Waals surface area contributed by atoms with Gasteiger partial charge < -0.3 is 15.4 Å². The molecule has 2 aliphatic rings. The zero-order valence-electron chi connectivity index (χ0n) is 15.0. The molecule has 27 heavy (non-hydrogen) atoms. The van der Waals surface area contributed by atoms with E-state index in [9.17, 15) is 18.0 Å². The van der Waals surface area contributed by atoms with E-state index in [-0.39, 0.29) is 34.5 Å². The number of sulfonamides is 1. The van der Waals surface area contributed by atoms with Gasteiger partial charge in [0.05, 0.1) is 12.0 Å². The highest BCUT2D eigenvalue weighted by atomic mass is 35.5. The van der Waals surface area contributed by atoms with Crippen molar-refractivity contribution in [2.45, 2.75) is 24.2 Å². The van der Waals surface area contributed by atoms with Gasteiger partial charge in [0.2, 0.25) is 15.9 Å². The van der Waals surface area contributed by atoms with Crippen molar-refractivity contribution < 1.29 is 22.7 Å². The number of esters is 1. The summed E-state index contributed by atoms with van der Waals surface area (Å²) in [5.41, 5.74) is 0.535. The first-order valence-electron chi connectivity index (χ1n) is 8.54. The van der Waals surface area contributed by atoms with Crippen LogP contribution in [0.2, 0.25) is 0 Å². The summed E-state index contributed by atoms with van der Waals surface area (Å²) < 4.78 is 31.1. The molecule has 1 aliphatic carbocycles. The summed E-state index contributed by atoms with van der Waals surface area (Å²) in [6, 6.07) is 5.99. The van der Waals surface area contributed by atoms with E-state index in [1.54, 1.807) is 12.1 Å². The molecular formula is C17H24ClN3O5S. The average Bonchev–Trinajstić information content (AvgIpc) is 3.33. The van der Waals surface area contributed by atoms with Crippen LogP contribution in [0, 0.1) is 11.3 Å². The Labute approximate surface area is 164 Å². The van der Waals surface area contributed by atoms with Crippen LogP contribution in [0.4, 0.5) is 5.69 Å². The molecule has 150 valence electrons. The number of benzene rings is 1. The van der Waals surface area contributed by atoms with Crippen LogP contribution in [0.5, 0.6) is 0 Å². The monoisotopic (exact) mass is 417 g/mol. The molecule has 2 fully saturated rings. The van der Waals surface area contributed by atoms with Crippen molar-refractivity contribution in [1.29, 1.82) is 0 Å². The van der Waals surface area contributed by atoms with Gasteiger partial charge in [0, 0.05) is 11.6 Å². The predicted molar refractivity (Wildman–Crippen MR) is 102 cm³/mol. The molecule has 0 radical (unpaired) electrons. The second kappa shape index (κ2) is 8.55. The van der Waals surface area contributed by atoms with E-state index in [1.807, 2.05) is 0 Å². The van der Waals surface area contributed by atoms with Gasteiger partial charge in [-0.25, -0.2) is 8.42 Å². The van der Waals surface area contributed by atoms with Gasteiger partial charge in [-0.05, 0) is 56.0 Å². The SMILES string of the molecule is COC(=O)CNS(=O)(=O)c1cccc(NC(=O)C2CC23CCNCC3)c1.Cl. The maximum atomic E-state index is 12.5. The lowest BCUT2D eigenvalue weighted by Crippen LogP contribution is -2.31. The molecule has 1 aromatic rings. The van der Waals surface area contributed by atoms with Gasteiger partial charge in [0.1, 0.15) is 6.54 Å². The number of carbonyl (C=O) groups excluding carboxylic acids is 2. The molecule has 8 nitrogen and oxygen atoms in total. The molecule has 1 heterocycles. The third kappa shape index (κ3) is 4.98. The quantitative estimate of drug-likeness (QED) is 0.592. The van der Waals surface area contributed by atoms with Gasteiger partial charge in [0.15, 0.2) is 0 Å². The second-order valence-corrected chi connectivity index (χ2v) is 8.55. The number of halogens is 1. The van der Waals surface area contributed by atoms with Gasteiger partial charge in [-0.1, -0.05) is 6.07 Å². The lowest BCUT2D eigenvalue weighted by Gasteiger charge is -2.23. The molecule has 1 unspecified atom stereocenters. The normalized spacial score (nSPS) is 20.4. The summed E-state index contributed by atoms with van der Waals surface area (Å²) in [6.45, 7) is 1.42. The summed E-state index contributed by atoms with van der Waals surface area (Å²) >= 11 is 0. The van der Waals surface area contributed by atoms with Crippen molar-refractivity contribution in [3.8, 4) is 0 Å². The van der Waals surface area contributed by atoms with Gasteiger partial charge in [-0.3, -0.25) is 9.59 Å². The molecule has 0 aromatic heterocycles. The maximum absolute atomic E-state index is 12.5. The van der Waals surface area contributed by atoms with Gasteiger partial charge >= 0.3 is 5.97 Å². The molecular weight excluding hydrogens is 394 g/mol. The molecule has 3 N–H and O–H groups in total. The highest BCUT2D eigenvalue weighted by Gasteiger charge is 2.57. The Bertz CT molecular complexity index is 809. The highest BCUT2D eigenvalue weighted by Crippen LogP contribution is 2.58. The zero-order chi connectivity index (χ0) is 18.8. The van der Waals surface area contributed by atoms with E-state index in [0.29, 0.717) is 5.69 Å². The van der Waals surface area contributed by atoms with Crippen molar-refractivity contribution in [1.82, 2.24) is 10.0 Å². The molecule has 1 aromatic carbocycles. The largest absolute Gasteiger partial charge is 0.468 e. The fourth-order valence-electron chi connectivity index (χ4n) is 3.48. The van der Waals surface area contributed by atoms with Crippen LogP contribution in [0.3, 0.4) is 0 Å². The number of carbonyl (C=O) groups is 2. The number of methoxy groups -OCH3 is 1. The first-order valence-corrected chi connectivity index (χ1v) is 10.0. The molecule has 1 aliphatic heterocycles. The van der Waals surface area contributed by atoms with Crippen molar-refractivity contribution >= 4 is 40.0 Å². The van der Waals surface area contributed by atoms with Crippen molar-refractivity contribution in [3.63, 3.8) is 0 Å². The van der Waals surface area contributed by atoms with E-state index >= 15 is 0 Å². The second-order valence-electron chi connectivity index (χ2n) is 6.79. The summed E-state index contributed by atoms with van der Waals surface area (Å²) in [6.07, 6.45) is 2.88. The van der Waals surface area contributed by atoms with Crippen LogP contribution in [-0.4, -0.2) is 47.0 Å². The lowest BCUT2D eigenvalue weighted by molar-refractivity contribution is -0.139. The molecule has 3 rings (SSSR count). The third-order valence-electron chi connectivity index (χ3n) is 5.15. The number of anilines is 1. The molecule has 1 saturated carbocycles. The first-order chi connectivity index (χ1) is 12.4. The molecule has 1 saturated heterocycles. The van der Waals surface area contributed by atoms with Crippen LogP contribution in [0.15, 0.2) is 29.2 Å². The van der Waals surface area contributed by atoms with E-state index in [4.69, 9.17) is 0 Å². The number of ether oxygens (including phenoxy) is 1. The number of hydrogen-bond donors (Lipinski definition) is 3. The van der Waals surface area contributed by atoms with Crippen LogP contribution in [-0.2, 0) is 24.3 Å². The number of amides is 1. The fourth-order valence-corrected chi connectivity index (χ4v) is 4.49. The number of rotatable bonds is 6. The van der Waals surface area contributed by atoms with Crippen LogP contribution < -0.4 is 15.4 Å². The average molecular weight is 418 g/mol. The Hall–Kier alpha value is -1.68. The Kier molecular flexibility index (Phi) is 6.85. The highest BCUT2D eigenvalue weighted by molar-refractivity contribution is 7.89. The lowest BCUT2D eigenvalue weighted by atomic mass is 9.92. The Morgan fingerprint density at radius 1 is 1.30 bits per heavy atom. The minimum Gasteiger partial charge on any atom is -0.468 e. The van der Waals surface area contributed by atoms with Crippen molar-refractivity contribution in [2.75, 3.05) is 32.1 Å². The molecule has 1 atom stereocenters. The first kappa shape index (κ1) is 21.6. The van der Waals surface area contributed by atoms with Crippen LogP contribution in [0.1, 0.15) is 19.3 Å². The van der Waals surface area contributed by atoms with Crippen molar-refractivity contribution in [2.24, 2.45) is 11.3 Å². The molecule has 10 heteroatoms. The van der Waals surface area contributed by atoms with Crippen LogP contribution >= 0.6 is 12.4 Å². The third-order valence-corrected chi connectivity index (χ3v) is 6.55. The van der Waals surface area contributed by atoms with Crippen LogP contribution in [0.25, 0.3) is 0 Å². The fraction of sp³-hybridized carbons (Fsp3) is 0.529. The maximum Gasteiger partial charge on any atom is 0.320 e. The summed E-state index contributed by atoms with van der Waals surface area (Å²) in [5, 5.41) is 6.12. The van der Waals surface area contributed by atoms with E-state index in [1.165, 1.54) is 19.2 Å². The molecule has 1 amide bonds. The molecule has 0 bridgehead atoms. The minimum absolute atomic E-state index is 0. The smallest absolute Gasteiger partial charge is 0.320 e. The summed E-state index contributed by atoms with van der Waals surface area (Å²) in [4.78, 5) is 23.6. The molecule has 1 spiro atoms. The standard InChI is InChI=1S/C17H23N3O5S.ClH/c1-25-15(21)11-19-26(23,24)13-4-2-3-12(9-13)20-16(22)14-10-17(14)5-7-18-8-6-17;/h2-4,9,14,18-19H,5-8,10-11H2,1H3,(H,20,22);1H. The summed E-state index contributed by atoms with van der Waals surface area (Å²) in [7, 11) is -2.69. The summed E-state index contributed by atoms with van der Waals surface area (Å²) in [5.74, 6) is -0.759. The van der Waals surface area contributed by atoms with Gasteiger partial charge in [0.25, 0.3) is 0 Å². The Morgan fingerprint density at radius 2 is 2.00 bits per heavy atom. The Balaban J connectivity index is 0.00000261. The predicted octanol–water partition coefficient (Wildman–Crippen LogP) is 0.888. The minimum atomic E-state index is -3.87. The Morgan fingerprint density at radius 3 is 2.67 bits per heavy atom. The zero-order valence-corrected chi connectivity index (χ0v) is 16.6.